The van der Waals surface area contributed by atoms with Crippen molar-refractivity contribution in [2.45, 2.75) is 13.5 Å². The maximum Gasteiger partial charge on any atom is 0.222 e. The lowest BCUT2D eigenvalue weighted by Gasteiger charge is -2.12. The molecule has 0 saturated heterocycles. The number of benzene rings is 1. The van der Waals surface area contributed by atoms with Crippen LogP contribution in [0.1, 0.15) is 12.6 Å². The summed E-state index contributed by atoms with van der Waals surface area (Å²) in [4.78, 5) is 8.20. The van der Waals surface area contributed by atoms with Crippen molar-refractivity contribution >= 4 is 23.4 Å². The second-order valence-electron chi connectivity index (χ2n) is 3.93. The summed E-state index contributed by atoms with van der Waals surface area (Å²) < 4.78 is 5.39. The lowest BCUT2D eigenvalue weighted by Crippen LogP contribution is -2.08. The van der Waals surface area contributed by atoms with Crippen molar-refractivity contribution in [2.24, 2.45) is 0 Å². The van der Waals surface area contributed by atoms with Gasteiger partial charge in [0.2, 0.25) is 5.95 Å². The Bertz CT molecular complexity index is 572. The zero-order valence-electron chi connectivity index (χ0n) is 10.6. The first-order valence-corrected chi connectivity index (χ1v) is 6.25. The number of nitrogen functional groups attached to an aromatic ring is 2. The Kier molecular flexibility index (Phi) is 4.19. The monoisotopic (exact) mass is 278 g/mol. The van der Waals surface area contributed by atoms with Gasteiger partial charge in [-0.2, -0.15) is 4.98 Å². The first-order valence-electron chi connectivity index (χ1n) is 5.87. The summed E-state index contributed by atoms with van der Waals surface area (Å²) in [6.07, 6.45) is 0. The highest BCUT2D eigenvalue weighted by Gasteiger charge is 2.13. The second kappa shape index (κ2) is 5.86. The minimum Gasteiger partial charge on any atom is -0.383 e. The van der Waals surface area contributed by atoms with Crippen LogP contribution < -0.4 is 11.5 Å². The van der Waals surface area contributed by atoms with Crippen LogP contribution in [0.3, 0.4) is 0 Å². The molecule has 0 fully saturated rings. The van der Waals surface area contributed by atoms with Gasteiger partial charge in [-0.3, -0.25) is 0 Å². The van der Waals surface area contributed by atoms with Gasteiger partial charge in [-0.1, -0.05) is 23.7 Å². The number of halogens is 1. The van der Waals surface area contributed by atoms with Gasteiger partial charge >= 0.3 is 0 Å². The van der Waals surface area contributed by atoms with Crippen molar-refractivity contribution in [1.29, 1.82) is 0 Å². The van der Waals surface area contributed by atoms with Crippen LogP contribution in [0.5, 0.6) is 0 Å². The Morgan fingerprint density at radius 3 is 2.47 bits per heavy atom. The first-order chi connectivity index (χ1) is 9.11. The van der Waals surface area contributed by atoms with E-state index < -0.39 is 0 Å². The molecule has 6 heteroatoms. The SMILES string of the molecule is CCOCc1nc(N)nc(N)c1-c1ccc(Cl)cc1. The molecule has 100 valence electrons. The Balaban J connectivity index is 2.50. The van der Waals surface area contributed by atoms with Gasteiger partial charge in [0.15, 0.2) is 0 Å². The van der Waals surface area contributed by atoms with Crippen LogP contribution in [-0.2, 0) is 11.3 Å². The van der Waals surface area contributed by atoms with Gasteiger partial charge in [-0.05, 0) is 24.6 Å². The van der Waals surface area contributed by atoms with E-state index in [-0.39, 0.29) is 5.95 Å². The number of rotatable bonds is 4. The highest BCUT2D eigenvalue weighted by molar-refractivity contribution is 6.30. The van der Waals surface area contributed by atoms with E-state index in [0.29, 0.717) is 29.7 Å². The van der Waals surface area contributed by atoms with Crippen molar-refractivity contribution in [3.63, 3.8) is 0 Å². The number of hydrogen-bond donors (Lipinski definition) is 2. The van der Waals surface area contributed by atoms with Gasteiger partial charge in [0.25, 0.3) is 0 Å². The number of ether oxygens (including phenoxy) is 1. The zero-order valence-corrected chi connectivity index (χ0v) is 11.3. The van der Waals surface area contributed by atoms with E-state index in [0.717, 1.165) is 11.1 Å². The topological polar surface area (TPSA) is 87.0 Å². The van der Waals surface area contributed by atoms with E-state index in [4.69, 9.17) is 27.8 Å². The molecule has 19 heavy (non-hydrogen) atoms. The molecule has 0 aliphatic rings. The van der Waals surface area contributed by atoms with Crippen LogP contribution in [0.15, 0.2) is 24.3 Å². The van der Waals surface area contributed by atoms with Crippen molar-refractivity contribution in [3.8, 4) is 11.1 Å². The third-order valence-corrected chi connectivity index (χ3v) is 2.86. The Labute approximate surface area is 116 Å². The average Bonchev–Trinajstić information content (AvgIpc) is 2.37. The Morgan fingerprint density at radius 1 is 1.16 bits per heavy atom. The minimum atomic E-state index is 0.143. The normalized spacial score (nSPS) is 10.6. The summed E-state index contributed by atoms with van der Waals surface area (Å²) in [5.74, 6) is 0.481. The standard InChI is InChI=1S/C13H15ClN4O/c1-2-19-7-10-11(12(15)18-13(16)17-10)8-3-5-9(14)6-4-8/h3-6H,2,7H2,1H3,(H4,15,16,17,18). The number of aromatic nitrogens is 2. The molecular weight excluding hydrogens is 264 g/mol. The second-order valence-corrected chi connectivity index (χ2v) is 4.37. The average molecular weight is 279 g/mol. The van der Waals surface area contributed by atoms with Gasteiger partial charge in [0.05, 0.1) is 12.3 Å². The van der Waals surface area contributed by atoms with Gasteiger partial charge in [-0.25, -0.2) is 4.98 Å². The van der Waals surface area contributed by atoms with Gasteiger partial charge in [0, 0.05) is 17.2 Å². The van der Waals surface area contributed by atoms with E-state index in [1.165, 1.54) is 0 Å². The summed E-state index contributed by atoms with van der Waals surface area (Å²) >= 11 is 5.88. The number of anilines is 2. The van der Waals surface area contributed by atoms with Crippen LogP contribution in [0.25, 0.3) is 11.1 Å². The molecule has 0 unspecified atom stereocenters. The van der Waals surface area contributed by atoms with E-state index in [1.807, 2.05) is 19.1 Å². The van der Waals surface area contributed by atoms with Gasteiger partial charge in [-0.15, -0.1) is 0 Å². The van der Waals surface area contributed by atoms with Gasteiger partial charge < -0.3 is 16.2 Å². The third kappa shape index (κ3) is 3.13. The lowest BCUT2D eigenvalue weighted by molar-refractivity contribution is 0.131. The Hall–Kier alpha value is -1.85. The fraction of sp³-hybridized carbons (Fsp3) is 0.231. The highest BCUT2D eigenvalue weighted by Crippen LogP contribution is 2.29. The molecule has 4 N–H and O–H groups in total. The Morgan fingerprint density at radius 2 is 1.84 bits per heavy atom. The molecule has 1 aromatic heterocycles. The molecule has 0 aliphatic heterocycles. The van der Waals surface area contributed by atoms with Crippen LogP contribution in [0, 0.1) is 0 Å². The molecule has 1 heterocycles. The first kappa shape index (κ1) is 13.6. The molecule has 0 spiro atoms. The molecule has 1 aromatic carbocycles. The summed E-state index contributed by atoms with van der Waals surface area (Å²) in [5, 5.41) is 0.657. The predicted molar refractivity (Wildman–Crippen MR) is 76.6 cm³/mol. The van der Waals surface area contributed by atoms with Crippen molar-refractivity contribution in [2.75, 3.05) is 18.1 Å². The summed E-state index contributed by atoms with van der Waals surface area (Å²) in [7, 11) is 0. The summed E-state index contributed by atoms with van der Waals surface area (Å²) in [5.41, 5.74) is 13.9. The maximum atomic E-state index is 5.94. The van der Waals surface area contributed by atoms with Crippen LogP contribution in [0.2, 0.25) is 5.02 Å². The molecule has 0 saturated carbocycles. The van der Waals surface area contributed by atoms with E-state index >= 15 is 0 Å². The lowest BCUT2D eigenvalue weighted by atomic mass is 10.0. The molecule has 0 amide bonds. The molecule has 0 atom stereocenters. The smallest absolute Gasteiger partial charge is 0.222 e. The maximum absolute atomic E-state index is 5.94. The zero-order chi connectivity index (χ0) is 13.8. The van der Waals surface area contributed by atoms with E-state index in [9.17, 15) is 0 Å². The van der Waals surface area contributed by atoms with E-state index in [2.05, 4.69) is 9.97 Å². The third-order valence-electron chi connectivity index (χ3n) is 2.61. The quantitative estimate of drug-likeness (QED) is 0.897. The molecule has 2 rings (SSSR count). The largest absolute Gasteiger partial charge is 0.383 e. The van der Waals surface area contributed by atoms with Crippen LogP contribution in [0.4, 0.5) is 11.8 Å². The van der Waals surface area contributed by atoms with Crippen LogP contribution in [-0.4, -0.2) is 16.6 Å². The summed E-state index contributed by atoms with van der Waals surface area (Å²) in [6, 6.07) is 7.31. The predicted octanol–water partition coefficient (Wildman–Crippen LogP) is 2.50. The minimum absolute atomic E-state index is 0.143. The molecule has 0 aliphatic carbocycles. The highest BCUT2D eigenvalue weighted by atomic mass is 35.5. The molecule has 0 radical (unpaired) electrons. The van der Waals surface area contributed by atoms with Crippen molar-refractivity contribution in [3.05, 3.63) is 35.0 Å². The molecular formula is C13H15ClN4O. The van der Waals surface area contributed by atoms with Crippen molar-refractivity contribution < 1.29 is 4.74 Å². The molecule has 5 nitrogen and oxygen atoms in total. The number of hydrogen-bond acceptors (Lipinski definition) is 5. The molecule has 2 aromatic rings. The van der Waals surface area contributed by atoms with Crippen molar-refractivity contribution in [1.82, 2.24) is 9.97 Å². The van der Waals surface area contributed by atoms with E-state index in [1.54, 1.807) is 12.1 Å². The number of nitrogens with zero attached hydrogens (tertiary/aromatic N) is 2. The summed E-state index contributed by atoms with van der Waals surface area (Å²) in [6.45, 7) is 2.84. The molecule has 0 bridgehead atoms. The fourth-order valence-electron chi connectivity index (χ4n) is 1.78. The van der Waals surface area contributed by atoms with Gasteiger partial charge in [0.1, 0.15) is 5.82 Å². The fourth-order valence-corrected chi connectivity index (χ4v) is 1.91. The number of nitrogens with two attached hydrogens (primary N) is 2. The van der Waals surface area contributed by atoms with Crippen LogP contribution >= 0.6 is 11.6 Å².